The molecule has 0 saturated carbocycles. The molecule has 148 valence electrons. The van der Waals surface area contributed by atoms with Crippen LogP contribution >= 0.6 is 11.3 Å². The number of hydrogen-bond acceptors (Lipinski definition) is 5. The maximum atomic E-state index is 12.7. The SMILES string of the molecule is Cc1ccc(NC(=O)N2CCc3nc(NC(=O)c4ccccn4)sc3C2)cc1C. The molecule has 0 atom stereocenters. The van der Waals surface area contributed by atoms with Crippen molar-refractivity contribution in [3.05, 3.63) is 70.0 Å². The molecule has 29 heavy (non-hydrogen) atoms. The summed E-state index contributed by atoms with van der Waals surface area (Å²) in [5.41, 5.74) is 4.39. The molecule has 0 spiro atoms. The lowest BCUT2D eigenvalue weighted by Crippen LogP contribution is -2.38. The zero-order valence-corrected chi connectivity index (χ0v) is 17.0. The first-order valence-corrected chi connectivity index (χ1v) is 10.2. The average Bonchev–Trinajstić information content (AvgIpc) is 3.12. The van der Waals surface area contributed by atoms with E-state index in [0.717, 1.165) is 21.8 Å². The molecule has 0 saturated heterocycles. The Bertz CT molecular complexity index is 1060. The van der Waals surface area contributed by atoms with Gasteiger partial charge in [-0.2, -0.15) is 0 Å². The second kappa shape index (κ2) is 8.00. The maximum Gasteiger partial charge on any atom is 0.322 e. The van der Waals surface area contributed by atoms with E-state index in [-0.39, 0.29) is 11.9 Å². The van der Waals surface area contributed by atoms with E-state index in [1.165, 1.54) is 16.9 Å². The van der Waals surface area contributed by atoms with Gasteiger partial charge in [0.1, 0.15) is 5.69 Å². The molecule has 0 bridgehead atoms. The van der Waals surface area contributed by atoms with Gasteiger partial charge in [-0.15, -0.1) is 0 Å². The number of rotatable bonds is 3. The Morgan fingerprint density at radius 3 is 2.72 bits per heavy atom. The molecule has 0 aliphatic carbocycles. The molecule has 2 N–H and O–H groups in total. The lowest BCUT2D eigenvalue weighted by molar-refractivity contribution is 0.102. The molecule has 3 heterocycles. The van der Waals surface area contributed by atoms with Crippen LogP contribution in [-0.4, -0.2) is 33.4 Å². The topological polar surface area (TPSA) is 87.2 Å². The molecule has 3 amide bonds. The van der Waals surface area contributed by atoms with E-state index in [1.54, 1.807) is 29.3 Å². The smallest absolute Gasteiger partial charge is 0.319 e. The number of benzene rings is 1. The zero-order valence-electron chi connectivity index (χ0n) is 16.2. The molecule has 4 rings (SSSR count). The number of carbonyl (C=O) groups is 2. The highest BCUT2D eigenvalue weighted by Gasteiger charge is 2.25. The Kier molecular flexibility index (Phi) is 5.26. The quantitative estimate of drug-likeness (QED) is 0.687. The van der Waals surface area contributed by atoms with E-state index in [2.05, 4.69) is 20.6 Å². The molecule has 2 aromatic heterocycles. The highest BCUT2D eigenvalue weighted by molar-refractivity contribution is 7.15. The Morgan fingerprint density at radius 2 is 1.97 bits per heavy atom. The van der Waals surface area contributed by atoms with Crippen molar-refractivity contribution in [1.82, 2.24) is 14.9 Å². The van der Waals surface area contributed by atoms with Crippen LogP contribution in [0.15, 0.2) is 42.6 Å². The van der Waals surface area contributed by atoms with Gasteiger partial charge in [-0.3, -0.25) is 15.1 Å². The van der Waals surface area contributed by atoms with E-state index < -0.39 is 0 Å². The van der Waals surface area contributed by atoms with Gasteiger partial charge in [0, 0.05) is 29.7 Å². The summed E-state index contributed by atoms with van der Waals surface area (Å²) < 4.78 is 0. The van der Waals surface area contributed by atoms with E-state index in [4.69, 9.17) is 0 Å². The van der Waals surface area contributed by atoms with Gasteiger partial charge in [0.2, 0.25) is 0 Å². The summed E-state index contributed by atoms with van der Waals surface area (Å²) in [5, 5.41) is 6.29. The number of nitrogens with zero attached hydrogens (tertiary/aromatic N) is 3. The molecule has 3 aromatic rings. The molecule has 1 aliphatic heterocycles. The first-order chi connectivity index (χ1) is 14.0. The second-order valence-electron chi connectivity index (χ2n) is 6.96. The molecular formula is C21H21N5O2S. The van der Waals surface area contributed by atoms with E-state index in [1.807, 2.05) is 32.0 Å². The average molecular weight is 407 g/mol. The largest absolute Gasteiger partial charge is 0.322 e. The van der Waals surface area contributed by atoms with Crippen molar-refractivity contribution in [2.45, 2.75) is 26.8 Å². The first-order valence-electron chi connectivity index (χ1n) is 9.34. The lowest BCUT2D eigenvalue weighted by atomic mass is 10.1. The van der Waals surface area contributed by atoms with Gasteiger partial charge >= 0.3 is 6.03 Å². The molecule has 1 aliphatic rings. The third kappa shape index (κ3) is 4.27. The Labute approximate surface area is 172 Å². The number of thiazole rings is 1. The van der Waals surface area contributed by atoms with Crippen LogP contribution in [0.2, 0.25) is 0 Å². The van der Waals surface area contributed by atoms with Gasteiger partial charge in [0.25, 0.3) is 5.91 Å². The Balaban J connectivity index is 1.41. The van der Waals surface area contributed by atoms with Crippen molar-refractivity contribution in [3.8, 4) is 0 Å². The van der Waals surface area contributed by atoms with Gasteiger partial charge in [-0.05, 0) is 49.2 Å². The zero-order chi connectivity index (χ0) is 20.4. The Hall–Kier alpha value is -3.26. The van der Waals surface area contributed by atoms with Crippen molar-refractivity contribution >= 4 is 34.1 Å². The molecule has 8 heteroatoms. The van der Waals surface area contributed by atoms with E-state index >= 15 is 0 Å². The van der Waals surface area contributed by atoms with Crippen LogP contribution in [-0.2, 0) is 13.0 Å². The number of urea groups is 1. The third-order valence-electron chi connectivity index (χ3n) is 4.89. The molecule has 0 unspecified atom stereocenters. The summed E-state index contributed by atoms with van der Waals surface area (Å²) in [4.78, 5) is 36.3. The van der Waals surface area contributed by atoms with E-state index in [0.29, 0.717) is 30.3 Å². The summed E-state index contributed by atoms with van der Waals surface area (Å²) in [6, 6.07) is 10.9. The fourth-order valence-electron chi connectivity index (χ4n) is 3.10. The number of aromatic nitrogens is 2. The highest BCUT2D eigenvalue weighted by atomic mass is 32.1. The fourth-order valence-corrected chi connectivity index (χ4v) is 4.12. The van der Waals surface area contributed by atoms with Gasteiger partial charge < -0.3 is 10.2 Å². The molecule has 0 radical (unpaired) electrons. The molecule has 1 aromatic carbocycles. The van der Waals surface area contributed by atoms with Crippen LogP contribution in [0.4, 0.5) is 15.6 Å². The minimum atomic E-state index is -0.291. The predicted octanol–water partition coefficient (Wildman–Crippen LogP) is 4.00. The third-order valence-corrected chi connectivity index (χ3v) is 5.89. The number of anilines is 2. The van der Waals surface area contributed by atoms with Crippen molar-refractivity contribution in [1.29, 1.82) is 0 Å². The summed E-state index contributed by atoms with van der Waals surface area (Å²) in [5.74, 6) is -0.291. The van der Waals surface area contributed by atoms with Gasteiger partial charge in [-0.1, -0.05) is 23.5 Å². The number of pyridine rings is 1. The van der Waals surface area contributed by atoms with Crippen LogP contribution < -0.4 is 10.6 Å². The monoisotopic (exact) mass is 407 g/mol. The number of carbonyl (C=O) groups excluding carboxylic acids is 2. The number of nitrogens with one attached hydrogen (secondary N) is 2. The van der Waals surface area contributed by atoms with Crippen molar-refractivity contribution in [3.63, 3.8) is 0 Å². The normalized spacial score (nSPS) is 13.0. The second-order valence-corrected chi connectivity index (χ2v) is 8.04. The number of hydrogen-bond donors (Lipinski definition) is 2. The van der Waals surface area contributed by atoms with Gasteiger partial charge in [-0.25, -0.2) is 9.78 Å². The van der Waals surface area contributed by atoms with Gasteiger partial charge in [0.15, 0.2) is 5.13 Å². The van der Waals surface area contributed by atoms with Crippen LogP contribution in [0.3, 0.4) is 0 Å². The number of fused-ring (bicyclic) bond motifs is 1. The minimum absolute atomic E-state index is 0.133. The highest BCUT2D eigenvalue weighted by Crippen LogP contribution is 2.29. The predicted molar refractivity (Wildman–Crippen MR) is 113 cm³/mol. The standard InChI is InChI=1S/C21H21N5O2S/c1-13-6-7-15(11-14(13)2)23-21(28)26-10-8-16-18(12-26)29-20(24-16)25-19(27)17-5-3-4-9-22-17/h3-7,9,11H,8,10,12H2,1-2H3,(H,23,28)(H,24,25,27). The summed E-state index contributed by atoms with van der Waals surface area (Å²) >= 11 is 1.40. The molecule has 0 fully saturated rings. The summed E-state index contributed by atoms with van der Waals surface area (Å²) in [6.45, 7) is 5.13. The molecule has 7 nitrogen and oxygen atoms in total. The fraction of sp³-hybridized carbons (Fsp3) is 0.238. The van der Waals surface area contributed by atoms with Crippen molar-refractivity contribution in [2.24, 2.45) is 0 Å². The first kappa shape index (κ1) is 19.1. The van der Waals surface area contributed by atoms with Crippen LogP contribution in [0.1, 0.15) is 32.2 Å². The lowest BCUT2D eigenvalue weighted by Gasteiger charge is -2.26. The van der Waals surface area contributed by atoms with Gasteiger partial charge in [0.05, 0.1) is 12.2 Å². The summed E-state index contributed by atoms with van der Waals surface area (Å²) in [7, 11) is 0. The maximum absolute atomic E-state index is 12.7. The molecular weight excluding hydrogens is 386 g/mol. The van der Waals surface area contributed by atoms with E-state index in [9.17, 15) is 9.59 Å². The number of aryl methyl sites for hydroxylation is 2. The van der Waals surface area contributed by atoms with Crippen molar-refractivity contribution in [2.75, 3.05) is 17.2 Å². The minimum Gasteiger partial charge on any atom is -0.319 e. The van der Waals surface area contributed by atoms with Crippen molar-refractivity contribution < 1.29 is 9.59 Å². The summed E-state index contributed by atoms with van der Waals surface area (Å²) in [6.07, 6.45) is 2.24. The van der Waals surface area contributed by atoms with Crippen LogP contribution in [0.5, 0.6) is 0 Å². The number of amides is 3. The van der Waals surface area contributed by atoms with Crippen LogP contribution in [0.25, 0.3) is 0 Å². The van der Waals surface area contributed by atoms with Crippen LogP contribution in [0, 0.1) is 13.8 Å². The Morgan fingerprint density at radius 1 is 1.10 bits per heavy atom.